The monoisotopic (exact) mass is 342 g/mol. The van der Waals surface area contributed by atoms with Crippen LogP contribution in [0.5, 0.6) is 0 Å². The van der Waals surface area contributed by atoms with Gasteiger partial charge < -0.3 is 10.1 Å². The third-order valence-electron chi connectivity index (χ3n) is 4.56. The predicted molar refractivity (Wildman–Crippen MR) is 96.0 cm³/mol. The van der Waals surface area contributed by atoms with Crippen molar-refractivity contribution in [1.82, 2.24) is 20.0 Å². The van der Waals surface area contributed by atoms with Crippen molar-refractivity contribution in [1.29, 1.82) is 0 Å². The Hall–Kier alpha value is -2.18. The molecule has 0 spiro atoms. The molecule has 6 nitrogen and oxygen atoms in total. The molecule has 1 aliphatic rings. The second-order valence-corrected chi connectivity index (χ2v) is 6.58. The van der Waals surface area contributed by atoms with Crippen molar-refractivity contribution in [3.63, 3.8) is 0 Å². The van der Waals surface area contributed by atoms with Gasteiger partial charge in [-0.05, 0) is 18.1 Å². The minimum Gasteiger partial charge on any atom is -0.375 e. The van der Waals surface area contributed by atoms with Crippen LogP contribution in [0.2, 0.25) is 0 Å². The Kier molecular flexibility index (Phi) is 6.19. The van der Waals surface area contributed by atoms with Crippen LogP contribution in [0.3, 0.4) is 0 Å². The Labute approximate surface area is 148 Å². The molecule has 25 heavy (non-hydrogen) atoms. The molecule has 2 heterocycles. The van der Waals surface area contributed by atoms with E-state index in [-0.39, 0.29) is 12.5 Å². The lowest BCUT2D eigenvalue weighted by Crippen LogP contribution is -2.38. The Morgan fingerprint density at radius 2 is 2.12 bits per heavy atom. The Morgan fingerprint density at radius 1 is 1.28 bits per heavy atom. The molecule has 1 aromatic carbocycles. The fourth-order valence-corrected chi connectivity index (χ4v) is 3.29. The molecule has 0 saturated carbocycles. The summed E-state index contributed by atoms with van der Waals surface area (Å²) in [7, 11) is 1.53. The van der Waals surface area contributed by atoms with Gasteiger partial charge >= 0.3 is 0 Å². The number of hydrogen-bond donors (Lipinski definition) is 1. The fourth-order valence-electron chi connectivity index (χ4n) is 3.29. The summed E-state index contributed by atoms with van der Waals surface area (Å²) in [5, 5.41) is 7.40. The summed E-state index contributed by atoms with van der Waals surface area (Å²) in [4.78, 5) is 14.1. The summed E-state index contributed by atoms with van der Waals surface area (Å²) < 4.78 is 6.95. The number of ether oxygens (including phenoxy) is 1. The molecule has 0 fully saturated rings. The average molecular weight is 342 g/mol. The van der Waals surface area contributed by atoms with E-state index < -0.39 is 0 Å². The first-order valence-corrected chi connectivity index (χ1v) is 8.77. The highest BCUT2D eigenvalue weighted by molar-refractivity contribution is 5.77. The third kappa shape index (κ3) is 5.14. The number of rotatable bonds is 7. The first-order chi connectivity index (χ1) is 12.2. The number of nitrogens with zero attached hydrogens (tertiary/aromatic N) is 3. The molecular weight excluding hydrogens is 316 g/mol. The lowest BCUT2D eigenvalue weighted by molar-refractivity contribution is -0.124. The van der Waals surface area contributed by atoms with Crippen LogP contribution in [0.1, 0.15) is 11.3 Å². The molecule has 1 unspecified atom stereocenters. The van der Waals surface area contributed by atoms with Gasteiger partial charge in [0.25, 0.3) is 0 Å². The smallest absolute Gasteiger partial charge is 0.245 e. The molecule has 3 rings (SSSR count). The van der Waals surface area contributed by atoms with Crippen molar-refractivity contribution < 1.29 is 9.53 Å². The van der Waals surface area contributed by atoms with Crippen LogP contribution in [0.25, 0.3) is 0 Å². The van der Waals surface area contributed by atoms with Gasteiger partial charge in [-0.25, -0.2) is 0 Å². The number of amides is 1. The van der Waals surface area contributed by atoms with E-state index in [1.165, 1.54) is 18.4 Å². The summed E-state index contributed by atoms with van der Waals surface area (Å²) in [6.07, 6.45) is 2.88. The number of aromatic nitrogens is 2. The number of nitrogens with one attached hydrogen (secondary N) is 1. The molecule has 0 radical (unpaired) electrons. The zero-order valence-electron chi connectivity index (χ0n) is 14.7. The SMILES string of the molecule is COCC(=O)NCC1CN(CCc2ccccc2)Cc2ccnn2C1. The van der Waals surface area contributed by atoms with E-state index in [9.17, 15) is 4.79 Å². The van der Waals surface area contributed by atoms with E-state index in [0.717, 1.165) is 32.6 Å². The molecule has 2 aromatic rings. The van der Waals surface area contributed by atoms with E-state index in [2.05, 4.69) is 50.3 Å². The first kappa shape index (κ1) is 17.6. The zero-order chi connectivity index (χ0) is 17.5. The number of benzene rings is 1. The number of methoxy groups -OCH3 is 1. The molecule has 0 saturated heterocycles. The minimum absolute atomic E-state index is 0.0664. The van der Waals surface area contributed by atoms with Crippen molar-refractivity contribution in [2.24, 2.45) is 5.92 Å². The van der Waals surface area contributed by atoms with Gasteiger partial charge in [-0.15, -0.1) is 0 Å². The number of carbonyl (C=O) groups excluding carboxylic acids is 1. The number of hydrogen-bond acceptors (Lipinski definition) is 4. The second kappa shape index (κ2) is 8.78. The van der Waals surface area contributed by atoms with Crippen LogP contribution >= 0.6 is 0 Å². The molecule has 1 atom stereocenters. The standard InChI is InChI=1S/C19H26N4O2/c1-25-15-19(24)20-11-17-12-22(10-8-16-5-3-2-4-6-16)14-18-7-9-21-23(18)13-17/h2-7,9,17H,8,10-15H2,1H3,(H,20,24). The maximum absolute atomic E-state index is 11.7. The van der Waals surface area contributed by atoms with Crippen LogP contribution in [-0.4, -0.2) is 53.9 Å². The average Bonchev–Trinajstić information content (AvgIpc) is 2.98. The molecule has 1 aliphatic heterocycles. The van der Waals surface area contributed by atoms with Gasteiger partial charge in [0, 0.05) is 51.9 Å². The maximum atomic E-state index is 11.7. The lowest BCUT2D eigenvalue weighted by atomic mass is 10.1. The van der Waals surface area contributed by atoms with Gasteiger partial charge in [0.1, 0.15) is 6.61 Å². The van der Waals surface area contributed by atoms with Gasteiger partial charge in [-0.2, -0.15) is 5.10 Å². The van der Waals surface area contributed by atoms with E-state index in [0.29, 0.717) is 12.5 Å². The van der Waals surface area contributed by atoms with E-state index >= 15 is 0 Å². The van der Waals surface area contributed by atoms with Crippen LogP contribution in [0.15, 0.2) is 42.6 Å². The molecule has 0 aliphatic carbocycles. The summed E-state index contributed by atoms with van der Waals surface area (Å²) in [6, 6.07) is 12.6. The number of fused-ring (bicyclic) bond motifs is 1. The van der Waals surface area contributed by atoms with Crippen molar-refractivity contribution >= 4 is 5.91 Å². The number of carbonyl (C=O) groups is 1. The van der Waals surface area contributed by atoms with Crippen LogP contribution in [0.4, 0.5) is 0 Å². The van der Waals surface area contributed by atoms with Crippen molar-refractivity contribution in [2.45, 2.75) is 19.5 Å². The summed E-state index contributed by atoms with van der Waals surface area (Å²) in [5.74, 6) is 0.265. The summed E-state index contributed by atoms with van der Waals surface area (Å²) in [6.45, 7) is 4.43. The van der Waals surface area contributed by atoms with Gasteiger partial charge in [0.05, 0.1) is 5.69 Å². The minimum atomic E-state index is -0.0664. The normalized spacial score (nSPS) is 17.7. The van der Waals surface area contributed by atoms with Gasteiger partial charge in [-0.3, -0.25) is 14.4 Å². The van der Waals surface area contributed by atoms with E-state index in [1.807, 2.05) is 12.3 Å². The molecule has 6 heteroatoms. The van der Waals surface area contributed by atoms with Crippen molar-refractivity contribution in [3.8, 4) is 0 Å². The van der Waals surface area contributed by atoms with Crippen LogP contribution < -0.4 is 5.32 Å². The lowest BCUT2D eigenvalue weighted by Gasteiger charge is -2.24. The quantitative estimate of drug-likeness (QED) is 0.824. The van der Waals surface area contributed by atoms with Crippen molar-refractivity contribution in [2.75, 3.05) is 33.4 Å². The predicted octanol–water partition coefficient (Wildman–Crippen LogP) is 1.32. The van der Waals surface area contributed by atoms with Crippen LogP contribution in [-0.2, 0) is 29.0 Å². The highest BCUT2D eigenvalue weighted by atomic mass is 16.5. The Bertz CT molecular complexity index is 671. The molecular formula is C19H26N4O2. The maximum Gasteiger partial charge on any atom is 0.245 e. The second-order valence-electron chi connectivity index (χ2n) is 6.58. The fraction of sp³-hybridized carbons (Fsp3) is 0.474. The highest BCUT2D eigenvalue weighted by Gasteiger charge is 2.22. The Morgan fingerprint density at radius 3 is 2.92 bits per heavy atom. The molecule has 1 aromatic heterocycles. The highest BCUT2D eigenvalue weighted by Crippen LogP contribution is 2.16. The zero-order valence-corrected chi connectivity index (χ0v) is 14.7. The summed E-state index contributed by atoms with van der Waals surface area (Å²) >= 11 is 0. The van der Waals surface area contributed by atoms with Gasteiger partial charge in [-0.1, -0.05) is 30.3 Å². The summed E-state index contributed by atoms with van der Waals surface area (Å²) in [5.41, 5.74) is 2.59. The van der Waals surface area contributed by atoms with Crippen LogP contribution in [0, 0.1) is 5.92 Å². The third-order valence-corrected chi connectivity index (χ3v) is 4.56. The molecule has 134 valence electrons. The topological polar surface area (TPSA) is 59.4 Å². The van der Waals surface area contributed by atoms with Gasteiger partial charge in [0.2, 0.25) is 5.91 Å². The largest absolute Gasteiger partial charge is 0.375 e. The van der Waals surface area contributed by atoms with Crippen molar-refractivity contribution in [3.05, 3.63) is 53.9 Å². The Balaban J connectivity index is 1.61. The van der Waals surface area contributed by atoms with E-state index in [1.54, 1.807) is 0 Å². The molecule has 1 amide bonds. The molecule has 0 bridgehead atoms. The van der Waals surface area contributed by atoms with Gasteiger partial charge in [0.15, 0.2) is 0 Å². The molecule has 1 N–H and O–H groups in total. The first-order valence-electron chi connectivity index (χ1n) is 8.77. The van der Waals surface area contributed by atoms with E-state index in [4.69, 9.17) is 4.74 Å².